The van der Waals surface area contributed by atoms with Crippen LogP contribution in [-0.2, 0) is 4.79 Å². The molecule has 3 aromatic rings. The number of anilines is 2. The molecular formula is C22H18N6OS. The monoisotopic (exact) mass is 414 g/mol. The van der Waals surface area contributed by atoms with Gasteiger partial charge >= 0.3 is 0 Å². The molecule has 3 rings (SSSR count). The largest absolute Gasteiger partial charge is 0.383 e. The molecule has 0 aliphatic carbocycles. The normalized spacial score (nSPS) is 11.2. The van der Waals surface area contributed by atoms with Gasteiger partial charge in [0.25, 0.3) is 0 Å². The average molecular weight is 414 g/mol. The molecule has 148 valence electrons. The molecule has 0 radical (unpaired) electrons. The Labute approximate surface area is 178 Å². The molecule has 2 aromatic heterocycles. The van der Waals surface area contributed by atoms with Crippen LogP contribution in [0.15, 0.2) is 59.9 Å². The van der Waals surface area contributed by atoms with Crippen LogP contribution in [0.2, 0.25) is 0 Å². The van der Waals surface area contributed by atoms with E-state index >= 15 is 0 Å². The number of carbonyl (C=O) groups is 1. The fourth-order valence-corrected chi connectivity index (χ4v) is 3.91. The van der Waals surface area contributed by atoms with Crippen molar-refractivity contribution in [3.05, 3.63) is 66.0 Å². The molecular weight excluding hydrogens is 396 g/mol. The second-order valence-electron chi connectivity index (χ2n) is 6.26. The first kappa shape index (κ1) is 20.8. The van der Waals surface area contributed by atoms with Crippen molar-refractivity contribution in [2.75, 3.05) is 11.1 Å². The third-order valence-corrected chi connectivity index (χ3v) is 5.69. The van der Waals surface area contributed by atoms with Crippen LogP contribution in [0.25, 0.3) is 11.1 Å². The number of benzene rings is 1. The van der Waals surface area contributed by atoms with Crippen molar-refractivity contribution in [3.63, 3.8) is 0 Å². The lowest BCUT2D eigenvalue weighted by molar-refractivity contribution is -0.115. The van der Waals surface area contributed by atoms with Crippen molar-refractivity contribution in [1.82, 2.24) is 9.97 Å². The van der Waals surface area contributed by atoms with Crippen molar-refractivity contribution in [2.45, 2.75) is 23.6 Å². The number of hydrogen-bond acceptors (Lipinski definition) is 7. The summed E-state index contributed by atoms with van der Waals surface area (Å²) in [5.41, 5.74) is 8.18. The zero-order valence-corrected chi connectivity index (χ0v) is 17.0. The number of pyridine rings is 2. The van der Waals surface area contributed by atoms with Crippen LogP contribution < -0.4 is 11.1 Å². The summed E-state index contributed by atoms with van der Waals surface area (Å²) in [6.45, 7) is 1.88. The number of aromatic nitrogens is 2. The number of nitrogens with one attached hydrogen (secondary N) is 1. The molecule has 1 amide bonds. The van der Waals surface area contributed by atoms with E-state index in [4.69, 9.17) is 5.73 Å². The van der Waals surface area contributed by atoms with Gasteiger partial charge in [-0.15, -0.1) is 0 Å². The van der Waals surface area contributed by atoms with Gasteiger partial charge in [-0.1, -0.05) is 49.0 Å². The third kappa shape index (κ3) is 4.40. The molecule has 3 N–H and O–H groups in total. The highest BCUT2D eigenvalue weighted by Crippen LogP contribution is 2.37. The Morgan fingerprint density at radius 2 is 1.80 bits per heavy atom. The molecule has 8 heteroatoms. The minimum atomic E-state index is -0.506. The summed E-state index contributed by atoms with van der Waals surface area (Å²) in [4.78, 5) is 21.0. The van der Waals surface area contributed by atoms with Crippen molar-refractivity contribution in [2.24, 2.45) is 0 Å². The fourth-order valence-electron chi connectivity index (χ4n) is 2.89. The number of nitrogens with zero attached hydrogens (tertiary/aromatic N) is 4. The van der Waals surface area contributed by atoms with E-state index in [2.05, 4.69) is 27.4 Å². The summed E-state index contributed by atoms with van der Waals surface area (Å²) < 4.78 is 0. The first-order valence-electron chi connectivity index (χ1n) is 9.15. The molecule has 0 saturated heterocycles. The number of amides is 1. The van der Waals surface area contributed by atoms with Gasteiger partial charge in [0.1, 0.15) is 28.5 Å². The Kier molecular flexibility index (Phi) is 6.63. The SMILES string of the molecule is CCC(Sc1nc(N)c(C#N)c(-c2ccccc2)c1C#N)C(=O)Nc1ccncc1. The zero-order chi connectivity index (χ0) is 21.5. The molecule has 0 aliphatic rings. The van der Waals surface area contributed by atoms with E-state index in [0.29, 0.717) is 28.3 Å². The van der Waals surface area contributed by atoms with Gasteiger partial charge in [-0.3, -0.25) is 9.78 Å². The molecule has 1 aromatic carbocycles. The predicted octanol–water partition coefficient (Wildman–Crippen LogP) is 3.98. The molecule has 0 aliphatic heterocycles. The highest BCUT2D eigenvalue weighted by molar-refractivity contribution is 8.00. The van der Waals surface area contributed by atoms with Crippen molar-refractivity contribution in [1.29, 1.82) is 10.5 Å². The van der Waals surface area contributed by atoms with Gasteiger partial charge in [0.05, 0.1) is 10.8 Å². The van der Waals surface area contributed by atoms with E-state index in [1.54, 1.807) is 36.7 Å². The van der Waals surface area contributed by atoms with Crippen molar-refractivity contribution >= 4 is 29.2 Å². The maximum absolute atomic E-state index is 12.8. The minimum absolute atomic E-state index is 0.0299. The number of hydrogen-bond donors (Lipinski definition) is 2. The Hall–Kier alpha value is -3.88. The van der Waals surface area contributed by atoms with Gasteiger partial charge in [-0.25, -0.2) is 4.98 Å². The Balaban J connectivity index is 2.01. The maximum atomic E-state index is 12.8. The highest BCUT2D eigenvalue weighted by atomic mass is 32.2. The fraction of sp³-hybridized carbons (Fsp3) is 0.136. The van der Waals surface area contributed by atoms with Crippen LogP contribution in [0.1, 0.15) is 24.5 Å². The number of nitrogen functional groups attached to an aromatic ring is 1. The maximum Gasteiger partial charge on any atom is 0.237 e. The predicted molar refractivity (Wildman–Crippen MR) is 116 cm³/mol. The van der Waals surface area contributed by atoms with Gasteiger partial charge in [-0.2, -0.15) is 10.5 Å². The van der Waals surface area contributed by atoms with E-state index in [9.17, 15) is 15.3 Å². The second kappa shape index (κ2) is 9.55. The van der Waals surface area contributed by atoms with E-state index in [0.717, 1.165) is 11.8 Å². The van der Waals surface area contributed by atoms with Crippen LogP contribution in [0.5, 0.6) is 0 Å². The third-order valence-electron chi connectivity index (χ3n) is 4.34. The summed E-state index contributed by atoms with van der Waals surface area (Å²) in [5, 5.41) is 22.1. The topological polar surface area (TPSA) is 128 Å². The molecule has 7 nitrogen and oxygen atoms in total. The number of rotatable bonds is 6. The summed E-state index contributed by atoms with van der Waals surface area (Å²) >= 11 is 1.16. The highest BCUT2D eigenvalue weighted by Gasteiger charge is 2.25. The number of nitrogens with two attached hydrogens (primary N) is 1. The molecule has 1 unspecified atom stereocenters. The quantitative estimate of drug-likeness (QED) is 0.584. The number of nitriles is 2. The van der Waals surface area contributed by atoms with Crippen LogP contribution in [-0.4, -0.2) is 21.1 Å². The first-order chi connectivity index (χ1) is 14.6. The van der Waals surface area contributed by atoms with Crippen LogP contribution in [0, 0.1) is 22.7 Å². The lowest BCUT2D eigenvalue weighted by Gasteiger charge is -2.17. The lowest BCUT2D eigenvalue weighted by Crippen LogP contribution is -2.25. The molecule has 30 heavy (non-hydrogen) atoms. The standard InChI is InChI=1S/C22H18N6OS/c1-2-18(21(29)27-15-8-10-26-11-9-15)30-22-17(13-24)19(14-6-4-3-5-7-14)16(12-23)20(25)28-22/h3-11,18H,2H2,1H3,(H2,25,28)(H,26,27,29). The molecule has 1 atom stereocenters. The van der Waals surface area contributed by atoms with Gasteiger partial charge in [0, 0.05) is 23.6 Å². The number of carbonyl (C=O) groups excluding carboxylic acids is 1. The van der Waals surface area contributed by atoms with E-state index < -0.39 is 5.25 Å². The van der Waals surface area contributed by atoms with E-state index in [1.165, 1.54) is 0 Å². The lowest BCUT2D eigenvalue weighted by atomic mass is 9.97. The Bertz CT molecular complexity index is 1140. The first-order valence-corrected chi connectivity index (χ1v) is 10.0. The zero-order valence-electron chi connectivity index (χ0n) is 16.2. The summed E-state index contributed by atoms with van der Waals surface area (Å²) in [6, 6.07) is 16.7. The second-order valence-corrected chi connectivity index (χ2v) is 7.45. The molecule has 0 spiro atoms. The van der Waals surface area contributed by atoms with Crippen LogP contribution >= 0.6 is 11.8 Å². The Morgan fingerprint density at radius 3 is 2.40 bits per heavy atom. The van der Waals surface area contributed by atoms with Crippen LogP contribution in [0.3, 0.4) is 0 Å². The minimum Gasteiger partial charge on any atom is -0.383 e. The van der Waals surface area contributed by atoms with E-state index in [-0.39, 0.29) is 22.9 Å². The molecule has 2 heterocycles. The molecule has 0 saturated carbocycles. The summed E-state index contributed by atoms with van der Waals surface area (Å²) in [6.07, 6.45) is 3.69. The van der Waals surface area contributed by atoms with Gasteiger partial charge in [0.2, 0.25) is 5.91 Å². The van der Waals surface area contributed by atoms with Crippen molar-refractivity contribution in [3.8, 4) is 23.3 Å². The smallest absolute Gasteiger partial charge is 0.237 e. The molecule has 0 bridgehead atoms. The van der Waals surface area contributed by atoms with Gasteiger partial charge < -0.3 is 11.1 Å². The Morgan fingerprint density at radius 1 is 1.13 bits per heavy atom. The average Bonchev–Trinajstić information content (AvgIpc) is 2.78. The van der Waals surface area contributed by atoms with E-state index in [1.807, 2.05) is 25.1 Å². The van der Waals surface area contributed by atoms with Crippen molar-refractivity contribution < 1.29 is 4.79 Å². The molecule has 0 fully saturated rings. The summed E-state index contributed by atoms with van der Waals surface area (Å²) in [7, 11) is 0. The van der Waals surface area contributed by atoms with Crippen LogP contribution in [0.4, 0.5) is 11.5 Å². The number of thioether (sulfide) groups is 1. The van der Waals surface area contributed by atoms with Gasteiger partial charge in [0.15, 0.2) is 0 Å². The summed E-state index contributed by atoms with van der Waals surface area (Å²) in [5.74, 6) is -0.189. The van der Waals surface area contributed by atoms with Gasteiger partial charge in [-0.05, 0) is 24.1 Å².